The maximum absolute atomic E-state index is 12.4. The van der Waals surface area contributed by atoms with Gasteiger partial charge in [-0.3, -0.25) is 4.79 Å². The van der Waals surface area contributed by atoms with E-state index in [-0.39, 0.29) is 70.6 Å². The smallest absolute Gasteiger partial charge is 0.303 e. The largest absolute Gasteiger partial charge is 0.459 e. The molecule has 3 heterocycles. The van der Waals surface area contributed by atoms with E-state index >= 15 is 0 Å². The molecule has 0 amide bonds. The van der Waals surface area contributed by atoms with Crippen molar-refractivity contribution in [3.63, 3.8) is 0 Å². The molecule has 0 aliphatic carbocycles. The van der Waals surface area contributed by atoms with Crippen LogP contribution in [0.5, 0.6) is 0 Å². The zero-order chi connectivity index (χ0) is 34.1. The SMILES string of the molecule is C=C1C(C[C@@H]2O[C@H]3C[C@@H](O[Si](C)(C)C(C)(C)C)[C@@H](CO[Si](C)(C)C(C)(C)C)O[C@H]3[C@H](C)[C@H]2OC(C)=O)O[C@@H](CCC=O)C[C@H]1C. The Kier molecular flexibility index (Phi) is 12.6. The molecule has 0 aromatic heterocycles. The van der Waals surface area contributed by atoms with Crippen molar-refractivity contribution in [2.75, 3.05) is 6.61 Å². The van der Waals surface area contributed by atoms with E-state index in [4.69, 9.17) is 27.8 Å². The van der Waals surface area contributed by atoms with Crippen molar-refractivity contribution >= 4 is 28.9 Å². The number of rotatable bonds is 11. The van der Waals surface area contributed by atoms with E-state index in [2.05, 4.69) is 88.2 Å². The van der Waals surface area contributed by atoms with Gasteiger partial charge in [0.15, 0.2) is 16.6 Å². The summed E-state index contributed by atoms with van der Waals surface area (Å²) in [5, 5.41) is 0.109. The zero-order valence-electron chi connectivity index (χ0n) is 30.6. The number of ether oxygens (including phenoxy) is 4. The molecule has 3 saturated heterocycles. The Balaban J connectivity index is 1.89. The average Bonchev–Trinajstić information content (AvgIpc) is 2.89. The average molecular weight is 669 g/mol. The molecule has 0 aromatic rings. The van der Waals surface area contributed by atoms with Crippen molar-refractivity contribution in [3.05, 3.63) is 12.2 Å². The number of hydrogen-bond donors (Lipinski definition) is 0. The summed E-state index contributed by atoms with van der Waals surface area (Å²) in [6.07, 6.45) is 2.11. The standard InChI is InChI=1S/C35H64O8Si2/c1-22-18-26(16-15-17-36)40-27(23(22)2)19-29-32(39-25(4)37)24(3)33-30(41-29)20-28(43-45(13,14)35(8,9)10)31(42-33)21-38-44(11,12)34(5,6)7/h17,22,24,26-33H,2,15-16,18-21H2,1,3-14H3/t22-,24-,26+,27?,28-,29+,30+,31-,32-,33+/m1/s1. The Morgan fingerprint density at radius 2 is 1.58 bits per heavy atom. The van der Waals surface area contributed by atoms with Crippen LogP contribution in [0, 0.1) is 11.8 Å². The quantitative estimate of drug-likeness (QED) is 0.0962. The molecule has 3 aliphatic heterocycles. The Morgan fingerprint density at radius 3 is 2.13 bits per heavy atom. The summed E-state index contributed by atoms with van der Waals surface area (Å²) in [6.45, 7) is 33.2. The first kappa shape index (κ1) is 38.6. The fraction of sp³-hybridized carbons (Fsp3) is 0.886. The van der Waals surface area contributed by atoms with Crippen LogP contribution < -0.4 is 0 Å². The monoisotopic (exact) mass is 668 g/mol. The van der Waals surface area contributed by atoms with Crippen LogP contribution in [0.4, 0.5) is 0 Å². The third-order valence-corrected chi connectivity index (χ3v) is 20.4. The predicted molar refractivity (Wildman–Crippen MR) is 183 cm³/mol. The van der Waals surface area contributed by atoms with Gasteiger partial charge in [0, 0.05) is 32.1 Å². The van der Waals surface area contributed by atoms with Gasteiger partial charge in [0.05, 0.1) is 43.2 Å². The van der Waals surface area contributed by atoms with Crippen LogP contribution in [0.25, 0.3) is 0 Å². The van der Waals surface area contributed by atoms with E-state index in [1.54, 1.807) is 0 Å². The van der Waals surface area contributed by atoms with Crippen LogP contribution in [0.1, 0.15) is 94.4 Å². The van der Waals surface area contributed by atoms with Crippen molar-refractivity contribution in [3.8, 4) is 0 Å². The van der Waals surface area contributed by atoms with Gasteiger partial charge in [-0.05, 0) is 60.6 Å². The normalized spacial score (nSPS) is 35.1. The topological polar surface area (TPSA) is 89.5 Å². The summed E-state index contributed by atoms with van der Waals surface area (Å²) in [5.41, 5.74) is 1.03. The van der Waals surface area contributed by atoms with Crippen molar-refractivity contribution < 1.29 is 37.4 Å². The Bertz CT molecular complexity index is 1030. The lowest BCUT2D eigenvalue weighted by Gasteiger charge is -2.53. The second kappa shape index (κ2) is 14.7. The van der Waals surface area contributed by atoms with Crippen molar-refractivity contribution in [2.45, 2.75) is 180 Å². The number of fused-ring (bicyclic) bond motifs is 1. The third-order valence-electron chi connectivity index (χ3n) is 11.4. The minimum atomic E-state index is -2.15. The number of esters is 1. The van der Waals surface area contributed by atoms with Crippen LogP contribution in [0.2, 0.25) is 36.3 Å². The molecule has 3 rings (SSSR count). The number of carbonyl (C=O) groups excluding carboxylic acids is 2. The van der Waals surface area contributed by atoms with E-state index < -0.39 is 22.7 Å². The zero-order valence-corrected chi connectivity index (χ0v) is 32.6. The molecule has 260 valence electrons. The molecule has 0 radical (unpaired) electrons. The molecule has 0 bridgehead atoms. The van der Waals surface area contributed by atoms with Gasteiger partial charge in [-0.1, -0.05) is 62.0 Å². The fourth-order valence-electron chi connectivity index (χ4n) is 6.31. The second-order valence-corrected chi connectivity index (χ2v) is 26.5. The lowest BCUT2D eigenvalue weighted by molar-refractivity contribution is -0.272. The first-order valence-corrected chi connectivity index (χ1v) is 23.0. The van der Waals surface area contributed by atoms with Crippen LogP contribution in [-0.4, -0.2) is 84.3 Å². The van der Waals surface area contributed by atoms with Gasteiger partial charge in [0.1, 0.15) is 18.5 Å². The van der Waals surface area contributed by atoms with E-state index in [1.807, 2.05) is 0 Å². The van der Waals surface area contributed by atoms with E-state index in [1.165, 1.54) is 6.92 Å². The van der Waals surface area contributed by atoms with E-state index in [9.17, 15) is 9.59 Å². The molecule has 0 saturated carbocycles. The highest BCUT2D eigenvalue weighted by molar-refractivity contribution is 6.74. The van der Waals surface area contributed by atoms with E-state index in [0.29, 0.717) is 32.3 Å². The minimum absolute atomic E-state index is 0.0105. The lowest BCUT2D eigenvalue weighted by Crippen LogP contribution is -2.63. The highest BCUT2D eigenvalue weighted by atomic mass is 28.4. The first-order valence-electron chi connectivity index (χ1n) is 17.2. The Hall–Kier alpha value is -0.886. The molecule has 0 N–H and O–H groups in total. The number of carbonyl (C=O) groups is 2. The molecule has 0 aromatic carbocycles. The molecule has 45 heavy (non-hydrogen) atoms. The molecular weight excluding hydrogens is 605 g/mol. The van der Waals surface area contributed by atoms with Crippen LogP contribution in [-0.2, 0) is 37.4 Å². The maximum atomic E-state index is 12.4. The second-order valence-electron chi connectivity index (χ2n) is 16.9. The molecule has 10 atom stereocenters. The van der Waals surface area contributed by atoms with Crippen molar-refractivity contribution in [1.29, 1.82) is 0 Å². The number of aldehydes is 1. The highest BCUT2D eigenvalue weighted by Gasteiger charge is 2.54. The lowest BCUT2D eigenvalue weighted by atomic mass is 9.79. The van der Waals surface area contributed by atoms with Gasteiger partial charge in [-0.25, -0.2) is 0 Å². The third kappa shape index (κ3) is 9.39. The summed E-state index contributed by atoms with van der Waals surface area (Å²) in [6, 6.07) is 0. The summed E-state index contributed by atoms with van der Waals surface area (Å²) in [4.78, 5) is 23.4. The van der Waals surface area contributed by atoms with Crippen LogP contribution in [0.15, 0.2) is 12.2 Å². The highest BCUT2D eigenvalue weighted by Crippen LogP contribution is 2.45. The van der Waals surface area contributed by atoms with Crippen LogP contribution in [0.3, 0.4) is 0 Å². The molecule has 8 nitrogen and oxygen atoms in total. The Labute approximate surface area is 275 Å². The first-order chi connectivity index (χ1) is 20.6. The van der Waals surface area contributed by atoms with Gasteiger partial charge in [0.2, 0.25) is 0 Å². The molecule has 3 aliphatic rings. The van der Waals surface area contributed by atoms with Crippen molar-refractivity contribution in [1.82, 2.24) is 0 Å². The summed E-state index contributed by atoms with van der Waals surface area (Å²) in [5.74, 6) is -0.183. The molecule has 3 fully saturated rings. The number of hydrogen-bond acceptors (Lipinski definition) is 8. The minimum Gasteiger partial charge on any atom is -0.459 e. The summed E-state index contributed by atoms with van der Waals surface area (Å²) >= 11 is 0. The van der Waals surface area contributed by atoms with Crippen LogP contribution >= 0.6 is 0 Å². The van der Waals surface area contributed by atoms with E-state index in [0.717, 1.165) is 18.3 Å². The molecule has 10 heteroatoms. The fourth-order valence-corrected chi connectivity index (χ4v) is 8.68. The molecule has 1 unspecified atom stereocenters. The summed E-state index contributed by atoms with van der Waals surface area (Å²) < 4.78 is 40.1. The Morgan fingerprint density at radius 1 is 0.956 bits per heavy atom. The van der Waals surface area contributed by atoms with Gasteiger partial charge >= 0.3 is 5.97 Å². The maximum Gasteiger partial charge on any atom is 0.303 e. The van der Waals surface area contributed by atoms with Gasteiger partial charge in [-0.15, -0.1) is 0 Å². The van der Waals surface area contributed by atoms with Crippen molar-refractivity contribution in [2.24, 2.45) is 11.8 Å². The summed E-state index contributed by atoms with van der Waals surface area (Å²) in [7, 11) is -4.19. The van der Waals surface area contributed by atoms with Gasteiger partial charge < -0.3 is 32.6 Å². The predicted octanol–water partition coefficient (Wildman–Crippen LogP) is 7.61. The molecular formula is C35H64O8Si2. The van der Waals surface area contributed by atoms with Gasteiger partial charge in [0.25, 0.3) is 0 Å². The van der Waals surface area contributed by atoms with Gasteiger partial charge in [-0.2, -0.15) is 0 Å². The molecule has 0 spiro atoms.